The second kappa shape index (κ2) is 3.89. The first-order valence-corrected chi connectivity index (χ1v) is 4.66. The summed E-state index contributed by atoms with van der Waals surface area (Å²) in [6, 6.07) is 0. The van der Waals surface area contributed by atoms with E-state index in [4.69, 9.17) is 16.3 Å². The van der Waals surface area contributed by atoms with E-state index in [0.29, 0.717) is 4.42 Å². The lowest BCUT2D eigenvalue weighted by Crippen LogP contribution is -2.24. The maximum atomic E-state index is 10.4. The maximum absolute atomic E-state index is 10.4. The van der Waals surface area contributed by atoms with Crippen molar-refractivity contribution in [1.82, 2.24) is 4.42 Å². The van der Waals surface area contributed by atoms with Crippen LogP contribution in [0.4, 0.5) is 0 Å². The minimum Gasteiger partial charge on any atom is -0.285 e. The molecule has 0 fully saturated rings. The third kappa shape index (κ3) is 6.08. The fourth-order valence-electron chi connectivity index (χ4n) is 0.353. The molecule has 1 N–H and O–H groups in total. The lowest BCUT2D eigenvalue weighted by molar-refractivity contribution is -0.124. The van der Waals surface area contributed by atoms with Crippen LogP contribution in [0, 0.1) is 0 Å². The van der Waals surface area contributed by atoms with Gasteiger partial charge in [-0.25, -0.2) is 0 Å². The largest absolute Gasteiger partial charge is 0.285 e. The summed E-state index contributed by atoms with van der Waals surface area (Å²) in [6.45, 7) is 0.979. The van der Waals surface area contributed by atoms with Gasteiger partial charge in [0, 0.05) is 18.7 Å². The van der Waals surface area contributed by atoms with E-state index < -0.39 is 21.8 Å². The Labute approximate surface area is 69.8 Å². The highest BCUT2D eigenvalue weighted by molar-refractivity contribution is 7.85. The minimum atomic E-state index is -4.03. The number of carbonyl (C=O) groups excluding carboxylic acids is 1. The Bertz CT molecular complexity index is 236. The van der Waals surface area contributed by atoms with Crippen LogP contribution in [-0.2, 0) is 14.9 Å². The number of rotatable bonds is 3. The zero-order valence-corrected chi connectivity index (χ0v) is 7.39. The second-order valence-corrected chi connectivity index (χ2v) is 3.87. The van der Waals surface area contributed by atoms with Crippen LogP contribution < -0.4 is 0 Å². The Kier molecular flexibility index (Phi) is 3.77. The molecule has 0 aliphatic carbocycles. The molecule has 0 bridgehead atoms. The summed E-state index contributed by atoms with van der Waals surface area (Å²) in [4.78, 5) is 10.4. The Hall–Kier alpha value is -0.330. The van der Waals surface area contributed by atoms with E-state index in [1.807, 2.05) is 0 Å². The quantitative estimate of drug-likeness (QED) is 0.510. The summed E-state index contributed by atoms with van der Waals surface area (Å²) < 4.78 is 29.1. The molecule has 7 heteroatoms. The van der Waals surface area contributed by atoms with Crippen LogP contribution >= 0.6 is 11.8 Å². The molecule has 0 saturated heterocycles. The molecule has 0 radical (unpaired) electrons. The molecule has 0 aromatic carbocycles. The highest BCUT2D eigenvalue weighted by Crippen LogP contribution is 1.95. The van der Waals surface area contributed by atoms with Crippen molar-refractivity contribution in [2.45, 2.75) is 6.92 Å². The van der Waals surface area contributed by atoms with Crippen LogP contribution in [0.1, 0.15) is 6.92 Å². The van der Waals surface area contributed by atoms with Gasteiger partial charge in [0.05, 0.1) is 12.3 Å². The van der Waals surface area contributed by atoms with Gasteiger partial charge < -0.3 is 0 Å². The normalized spacial score (nSPS) is 11.2. The molecule has 0 saturated carbocycles. The molecule has 0 aliphatic heterocycles. The summed E-state index contributed by atoms with van der Waals surface area (Å²) in [5, 5.41) is 0. The third-order valence-electron chi connectivity index (χ3n) is 0.887. The summed E-state index contributed by atoms with van der Waals surface area (Å²) in [6.07, 6.45) is 0. The van der Waals surface area contributed by atoms with E-state index in [-0.39, 0.29) is 6.54 Å². The minimum absolute atomic E-state index is 0.213. The summed E-state index contributed by atoms with van der Waals surface area (Å²) in [7, 11) is -4.03. The van der Waals surface area contributed by atoms with Gasteiger partial charge >= 0.3 is 0 Å². The smallest absolute Gasteiger partial charge is 0.266 e. The van der Waals surface area contributed by atoms with Gasteiger partial charge in [-0.15, -0.1) is 0 Å². The van der Waals surface area contributed by atoms with Gasteiger partial charge in [-0.1, -0.05) is 0 Å². The van der Waals surface area contributed by atoms with Crippen molar-refractivity contribution in [3.8, 4) is 0 Å². The average molecular weight is 202 g/mol. The van der Waals surface area contributed by atoms with Gasteiger partial charge in [-0.2, -0.15) is 8.42 Å². The van der Waals surface area contributed by atoms with Crippen LogP contribution in [0.15, 0.2) is 0 Å². The van der Waals surface area contributed by atoms with E-state index >= 15 is 0 Å². The first kappa shape index (κ1) is 10.7. The van der Waals surface area contributed by atoms with Crippen LogP contribution in [0.5, 0.6) is 0 Å². The first-order valence-electron chi connectivity index (χ1n) is 2.72. The summed E-state index contributed by atoms with van der Waals surface area (Å²) in [5.74, 6) is -1.01. The van der Waals surface area contributed by atoms with Crippen molar-refractivity contribution < 1.29 is 17.8 Å². The molecule has 0 spiro atoms. The van der Waals surface area contributed by atoms with Crippen molar-refractivity contribution in [1.29, 1.82) is 0 Å². The molecule has 0 rings (SSSR count). The lowest BCUT2D eigenvalue weighted by atomic mass is 10.6. The van der Waals surface area contributed by atoms with Crippen molar-refractivity contribution in [2.75, 3.05) is 12.3 Å². The van der Waals surface area contributed by atoms with Gasteiger partial charge in [0.2, 0.25) is 5.91 Å². The van der Waals surface area contributed by atoms with Crippen molar-refractivity contribution in [2.24, 2.45) is 0 Å². The summed E-state index contributed by atoms with van der Waals surface area (Å²) in [5.41, 5.74) is 0. The average Bonchev–Trinajstić information content (AvgIpc) is 1.80. The fraction of sp³-hybridized carbons (Fsp3) is 0.750. The molecule has 11 heavy (non-hydrogen) atoms. The number of nitrogens with zero attached hydrogens (tertiary/aromatic N) is 1. The molecule has 1 amide bonds. The molecule has 0 aromatic heterocycles. The van der Waals surface area contributed by atoms with E-state index in [2.05, 4.69) is 0 Å². The van der Waals surface area contributed by atoms with Gasteiger partial charge in [-0.05, 0) is 0 Å². The van der Waals surface area contributed by atoms with Gasteiger partial charge in [0.25, 0.3) is 10.1 Å². The van der Waals surface area contributed by atoms with Gasteiger partial charge in [0.15, 0.2) is 0 Å². The predicted octanol–water partition coefficient (Wildman–Crippen LogP) is -0.123. The highest BCUT2D eigenvalue weighted by atomic mass is 35.5. The van der Waals surface area contributed by atoms with Crippen LogP contribution in [-0.4, -0.2) is 35.6 Å². The molecule has 0 aromatic rings. The molecular formula is C4H8ClNO4S. The Morgan fingerprint density at radius 2 is 2.09 bits per heavy atom. The zero-order valence-electron chi connectivity index (χ0n) is 5.82. The first-order chi connectivity index (χ1) is 4.83. The molecule has 0 heterocycles. The summed E-state index contributed by atoms with van der Waals surface area (Å²) >= 11 is 5.23. The number of halogens is 1. The molecule has 0 unspecified atom stereocenters. The molecule has 0 aliphatic rings. The standard InChI is InChI=1S/C4H8ClNO4S/c1-4(7)6(5)2-3-11(8,9)10/h2-3H2,1H3,(H,8,9,10). The van der Waals surface area contributed by atoms with Crippen molar-refractivity contribution >= 4 is 27.8 Å². The number of hydrogen-bond donors (Lipinski definition) is 1. The molecule has 5 nitrogen and oxygen atoms in total. The Balaban J connectivity index is 3.82. The number of carbonyl (C=O) groups is 1. The van der Waals surface area contributed by atoms with Crippen molar-refractivity contribution in [3.05, 3.63) is 0 Å². The van der Waals surface area contributed by atoms with Gasteiger partial charge in [-0.3, -0.25) is 13.8 Å². The van der Waals surface area contributed by atoms with E-state index in [1.54, 1.807) is 0 Å². The van der Waals surface area contributed by atoms with Crippen LogP contribution in [0.2, 0.25) is 0 Å². The second-order valence-electron chi connectivity index (χ2n) is 1.89. The third-order valence-corrected chi connectivity index (χ3v) is 1.99. The van der Waals surface area contributed by atoms with E-state index in [9.17, 15) is 13.2 Å². The monoisotopic (exact) mass is 201 g/mol. The SMILES string of the molecule is CC(=O)N(Cl)CCS(=O)(=O)O. The fourth-order valence-corrected chi connectivity index (χ4v) is 0.951. The zero-order chi connectivity index (χ0) is 9.07. The highest BCUT2D eigenvalue weighted by Gasteiger charge is 2.10. The van der Waals surface area contributed by atoms with Gasteiger partial charge in [0.1, 0.15) is 0 Å². The van der Waals surface area contributed by atoms with Crippen LogP contribution in [0.3, 0.4) is 0 Å². The topological polar surface area (TPSA) is 74.7 Å². The number of hydrogen-bond acceptors (Lipinski definition) is 3. The van der Waals surface area contributed by atoms with E-state index in [0.717, 1.165) is 0 Å². The molecule has 66 valence electrons. The number of amides is 1. The van der Waals surface area contributed by atoms with E-state index in [1.165, 1.54) is 6.92 Å². The Morgan fingerprint density at radius 1 is 1.64 bits per heavy atom. The maximum Gasteiger partial charge on any atom is 0.266 e. The van der Waals surface area contributed by atoms with Crippen molar-refractivity contribution in [3.63, 3.8) is 0 Å². The Morgan fingerprint density at radius 3 is 2.36 bits per heavy atom. The lowest BCUT2D eigenvalue weighted by Gasteiger charge is -2.08. The molecular weight excluding hydrogens is 194 g/mol. The van der Waals surface area contributed by atoms with Crippen LogP contribution in [0.25, 0.3) is 0 Å². The molecule has 0 atom stereocenters. The predicted molar refractivity (Wildman–Crippen MR) is 39.7 cm³/mol.